The van der Waals surface area contributed by atoms with Crippen LogP contribution in [0.25, 0.3) is 0 Å². The maximum atomic E-state index is 13.9. The van der Waals surface area contributed by atoms with Gasteiger partial charge in [0.15, 0.2) is 5.82 Å². The topological polar surface area (TPSA) is 59.2 Å². The van der Waals surface area contributed by atoms with E-state index < -0.39 is 23.1 Å². The molecule has 21 heavy (non-hydrogen) atoms. The Morgan fingerprint density at radius 3 is 2.48 bits per heavy atom. The van der Waals surface area contributed by atoms with Crippen LogP contribution >= 0.6 is 0 Å². The van der Waals surface area contributed by atoms with Gasteiger partial charge in [0.05, 0.1) is 11.7 Å². The van der Waals surface area contributed by atoms with Crippen LogP contribution in [0, 0.1) is 11.6 Å². The average molecular weight is 291 g/mol. The Bertz CT molecular complexity index is 661. The summed E-state index contributed by atoms with van der Waals surface area (Å²) in [5, 5.41) is 0. The van der Waals surface area contributed by atoms with Gasteiger partial charge in [0.25, 0.3) is 5.91 Å². The van der Waals surface area contributed by atoms with Crippen molar-refractivity contribution in [2.24, 2.45) is 0 Å². The number of benzene rings is 1. The van der Waals surface area contributed by atoms with Crippen molar-refractivity contribution in [3.63, 3.8) is 0 Å². The lowest BCUT2D eigenvalue weighted by molar-refractivity contribution is 0.0733. The first-order valence-corrected chi connectivity index (χ1v) is 6.34. The Kier molecular flexibility index (Phi) is 4.16. The minimum atomic E-state index is -1.03. The highest BCUT2D eigenvalue weighted by atomic mass is 19.1. The molecule has 0 spiro atoms. The summed E-state index contributed by atoms with van der Waals surface area (Å²) in [6.45, 7) is 1.76. The Hall–Kier alpha value is -2.50. The third-order valence-electron chi connectivity index (χ3n) is 3.42. The van der Waals surface area contributed by atoms with Crippen LogP contribution in [0.5, 0.6) is 0 Å². The number of nitrogens with two attached hydrogens (primary N) is 1. The molecule has 0 aliphatic heterocycles. The molecule has 0 radical (unpaired) electrons. The number of nitrogens with zero attached hydrogens (tertiary/aromatic N) is 2. The smallest absolute Gasteiger partial charge is 0.260 e. The zero-order chi connectivity index (χ0) is 15.6. The number of pyridine rings is 1. The molecule has 2 N–H and O–H groups in total. The van der Waals surface area contributed by atoms with Crippen LogP contribution in [0.1, 0.15) is 28.9 Å². The van der Waals surface area contributed by atoms with Crippen molar-refractivity contribution in [2.45, 2.75) is 13.0 Å². The van der Waals surface area contributed by atoms with Crippen LogP contribution in [0.15, 0.2) is 36.7 Å². The number of halogens is 2. The Morgan fingerprint density at radius 2 is 1.86 bits per heavy atom. The SMILES string of the molecule is CC(c1ccncc1)N(C)C(=O)c1c(F)ccc(N)c1F. The van der Waals surface area contributed by atoms with Gasteiger partial charge in [0.2, 0.25) is 0 Å². The minimum absolute atomic E-state index is 0.260. The Morgan fingerprint density at radius 1 is 1.24 bits per heavy atom. The minimum Gasteiger partial charge on any atom is -0.396 e. The second kappa shape index (κ2) is 5.87. The van der Waals surface area contributed by atoms with E-state index in [4.69, 9.17) is 5.73 Å². The van der Waals surface area contributed by atoms with Crippen molar-refractivity contribution >= 4 is 11.6 Å². The number of anilines is 1. The zero-order valence-corrected chi connectivity index (χ0v) is 11.7. The highest BCUT2D eigenvalue weighted by Crippen LogP contribution is 2.24. The molecule has 1 aromatic carbocycles. The molecule has 1 aromatic heterocycles. The molecule has 2 aromatic rings. The van der Waals surface area contributed by atoms with Crippen LogP contribution in [-0.4, -0.2) is 22.8 Å². The molecular formula is C15H15F2N3O. The average Bonchev–Trinajstić information content (AvgIpc) is 2.50. The van der Waals surface area contributed by atoms with Gasteiger partial charge < -0.3 is 10.6 Å². The van der Waals surface area contributed by atoms with Crippen molar-refractivity contribution in [1.82, 2.24) is 9.88 Å². The van der Waals surface area contributed by atoms with Crippen molar-refractivity contribution in [2.75, 3.05) is 12.8 Å². The molecule has 1 heterocycles. The summed E-state index contributed by atoms with van der Waals surface area (Å²) < 4.78 is 27.7. The molecule has 1 atom stereocenters. The molecule has 0 saturated heterocycles. The fraction of sp³-hybridized carbons (Fsp3) is 0.200. The van der Waals surface area contributed by atoms with Crippen LogP contribution in [0.2, 0.25) is 0 Å². The predicted molar refractivity (Wildman–Crippen MR) is 75.5 cm³/mol. The van der Waals surface area contributed by atoms with E-state index in [9.17, 15) is 13.6 Å². The summed E-state index contributed by atoms with van der Waals surface area (Å²) in [7, 11) is 1.48. The molecule has 0 fully saturated rings. The molecule has 4 nitrogen and oxygen atoms in total. The number of rotatable bonds is 3. The number of carbonyl (C=O) groups excluding carboxylic acids is 1. The van der Waals surface area contributed by atoms with Crippen molar-refractivity contribution < 1.29 is 13.6 Å². The van der Waals surface area contributed by atoms with E-state index >= 15 is 0 Å². The maximum absolute atomic E-state index is 13.9. The lowest BCUT2D eigenvalue weighted by atomic mass is 10.1. The van der Waals surface area contributed by atoms with Crippen LogP contribution in [-0.2, 0) is 0 Å². The Balaban J connectivity index is 2.34. The van der Waals surface area contributed by atoms with Crippen LogP contribution in [0.4, 0.5) is 14.5 Å². The largest absolute Gasteiger partial charge is 0.396 e. The van der Waals surface area contributed by atoms with E-state index in [-0.39, 0.29) is 11.7 Å². The molecule has 0 aliphatic rings. The number of nitrogen functional groups attached to an aromatic ring is 1. The van der Waals surface area contributed by atoms with Gasteiger partial charge in [-0.25, -0.2) is 8.78 Å². The van der Waals surface area contributed by atoms with Crippen LogP contribution < -0.4 is 5.73 Å². The monoisotopic (exact) mass is 291 g/mol. The molecule has 1 amide bonds. The van der Waals surface area contributed by atoms with Crippen molar-refractivity contribution in [3.8, 4) is 0 Å². The third kappa shape index (κ3) is 2.84. The Labute approximate surface area is 121 Å². The molecule has 0 aliphatic carbocycles. The maximum Gasteiger partial charge on any atom is 0.260 e. The number of hydrogen-bond donors (Lipinski definition) is 1. The van der Waals surface area contributed by atoms with Crippen molar-refractivity contribution in [1.29, 1.82) is 0 Å². The van der Waals surface area contributed by atoms with Crippen molar-refractivity contribution in [3.05, 3.63) is 59.4 Å². The first-order chi connectivity index (χ1) is 9.93. The van der Waals surface area contributed by atoms with E-state index in [1.807, 2.05) is 0 Å². The quantitative estimate of drug-likeness (QED) is 0.885. The van der Waals surface area contributed by atoms with Gasteiger partial charge in [-0.05, 0) is 36.8 Å². The van der Waals surface area contributed by atoms with E-state index in [1.54, 1.807) is 31.5 Å². The summed E-state index contributed by atoms with van der Waals surface area (Å²) >= 11 is 0. The summed E-state index contributed by atoms with van der Waals surface area (Å²) in [5.41, 5.74) is 5.30. The first-order valence-electron chi connectivity index (χ1n) is 6.34. The second-order valence-corrected chi connectivity index (χ2v) is 4.70. The van der Waals surface area contributed by atoms with Gasteiger partial charge in [-0.1, -0.05) is 0 Å². The van der Waals surface area contributed by atoms with E-state index in [2.05, 4.69) is 4.98 Å². The van der Waals surface area contributed by atoms with E-state index in [1.165, 1.54) is 11.9 Å². The highest BCUT2D eigenvalue weighted by molar-refractivity contribution is 5.95. The standard InChI is InChI=1S/C15H15F2N3O/c1-9(10-5-7-19-8-6-10)20(2)15(21)13-11(16)3-4-12(18)14(13)17/h3-9H,18H2,1-2H3. The van der Waals surface area contributed by atoms with Gasteiger partial charge >= 0.3 is 0 Å². The zero-order valence-electron chi connectivity index (χ0n) is 11.7. The fourth-order valence-electron chi connectivity index (χ4n) is 1.98. The summed E-state index contributed by atoms with van der Waals surface area (Å²) in [5.74, 6) is -2.73. The summed E-state index contributed by atoms with van der Waals surface area (Å²) in [6, 6.07) is 5.19. The fourth-order valence-corrected chi connectivity index (χ4v) is 1.98. The van der Waals surface area contributed by atoms with Gasteiger partial charge in [0, 0.05) is 19.4 Å². The molecular weight excluding hydrogens is 276 g/mol. The highest BCUT2D eigenvalue weighted by Gasteiger charge is 2.25. The van der Waals surface area contributed by atoms with E-state index in [0.717, 1.165) is 17.7 Å². The second-order valence-electron chi connectivity index (χ2n) is 4.70. The molecule has 110 valence electrons. The van der Waals surface area contributed by atoms with Gasteiger partial charge in [-0.3, -0.25) is 9.78 Å². The van der Waals surface area contributed by atoms with Gasteiger partial charge in [-0.15, -0.1) is 0 Å². The number of aromatic nitrogens is 1. The van der Waals surface area contributed by atoms with Gasteiger partial charge in [-0.2, -0.15) is 0 Å². The first kappa shape index (κ1) is 14.9. The summed E-state index contributed by atoms with van der Waals surface area (Å²) in [6.07, 6.45) is 3.18. The number of hydrogen-bond acceptors (Lipinski definition) is 3. The molecule has 1 unspecified atom stereocenters. The predicted octanol–water partition coefficient (Wildman–Crippen LogP) is 2.78. The molecule has 2 rings (SSSR count). The number of amides is 1. The van der Waals surface area contributed by atoms with E-state index in [0.29, 0.717) is 0 Å². The molecule has 6 heteroatoms. The normalized spacial score (nSPS) is 12.0. The number of carbonyl (C=O) groups is 1. The molecule has 0 saturated carbocycles. The lowest BCUT2D eigenvalue weighted by Gasteiger charge is -2.25. The summed E-state index contributed by atoms with van der Waals surface area (Å²) in [4.78, 5) is 17.5. The van der Waals surface area contributed by atoms with Crippen LogP contribution in [0.3, 0.4) is 0 Å². The lowest BCUT2D eigenvalue weighted by Crippen LogP contribution is -2.31. The molecule has 0 bridgehead atoms. The van der Waals surface area contributed by atoms with Gasteiger partial charge in [0.1, 0.15) is 11.4 Å². The third-order valence-corrected chi connectivity index (χ3v) is 3.42.